The lowest BCUT2D eigenvalue weighted by molar-refractivity contribution is 0.102. The highest BCUT2D eigenvalue weighted by molar-refractivity contribution is 8.00. The highest BCUT2D eigenvalue weighted by Crippen LogP contribution is 2.34. The van der Waals surface area contributed by atoms with E-state index in [4.69, 9.17) is 32.7 Å². The predicted molar refractivity (Wildman–Crippen MR) is 123 cm³/mol. The van der Waals surface area contributed by atoms with Gasteiger partial charge in [0.1, 0.15) is 0 Å². The number of aromatic nitrogens is 2. The molecule has 6 nitrogen and oxygen atoms in total. The molecule has 0 aliphatic rings. The maximum absolute atomic E-state index is 12.6. The van der Waals surface area contributed by atoms with Gasteiger partial charge < -0.3 is 9.47 Å². The fraction of sp³-hybridized carbons (Fsp3) is 0.250. The van der Waals surface area contributed by atoms with Crippen molar-refractivity contribution < 1.29 is 14.3 Å². The molecule has 1 heterocycles. The number of carbonyl (C=O) groups is 1. The van der Waals surface area contributed by atoms with Crippen molar-refractivity contribution in [1.29, 1.82) is 0 Å². The topological polar surface area (TPSA) is 73.3 Å². The zero-order chi connectivity index (χ0) is 21.5. The first kappa shape index (κ1) is 22.7. The number of anilines is 1. The summed E-state index contributed by atoms with van der Waals surface area (Å²) in [5, 5.41) is 12.5. The summed E-state index contributed by atoms with van der Waals surface area (Å²) in [4.78, 5) is 12.6. The van der Waals surface area contributed by atoms with E-state index in [9.17, 15) is 4.79 Å². The second kappa shape index (κ2) is 10.9. The van der Waals surface area contributed by atoms with E-state index in [-0.39, 0.29) is 5.91 Å². The molecule has 0 atom stereocenters. The van der Waals surface area contributed by atoms with Crippen LogP contribution < -0.4 is 14.8 Å². The highest BCUT2D eigenvalue weighted by atomic mass is 35.5. The van der Waals surface area contributed by atoms with E-state index in [2.05, 4.69) is 15.5 Å². The van der Waals surface area contributed by atoms with E-state index in [0.29, 0.717) is 55.5 Å². The smallest absolute Gasteiger partial charge is 0.257 e. The van der Waals surface area contributed by atoms with E-state index >= 15 is 0 Å². The number of carbonyl (C=O) groups excluding carboxylic acids is 1. The normalized spacial score (nSPS) is 10.7. The van der Waals surface area contributed by atoms with Gasteiger partial charge in [-0.15, -0.1) is 10.2 Å². The SMILES string of the molecule is CCOc1ccc(C(=O)Nc2nnc(SCc3c(Cl)cccc3Cl)s2)cc1OCC. The summed E-state index contributed by atoms with van der Waals surface area (Å²) in [6.07, 6.45) is 0. The minimum absolute atomic E-state index is 0.305. The Labute approximate surface area is 192 Å². The molecule has 2 aromatic carbocycles. The second-order valence-corrected chi connectivity index (χ2v) is 8.86. The van der Waals surface area contributed by atoms with Gasteiger partial charge >= 0.3 is 0 Å². The van der Waals surface area contributed by atoms with Crippen molar-refractivity contribution in [2.24, 2.45) is 0 Å². The van der Waals surface area contributed by atoms with Crippen LogP contribution in [0.3, 0.4) is 0 Å². The van der Waals surface area contributed by atoms with Gasteiger partial charge in [-0.3, -0.25) is 10.1 Å². The van der Waals surface area contributed by atoms with Crippen molar-refractivity contribution in [2.45, 2.75) is 23.9 Å². The fourth-order valence-electron chi connectivity index (χ4n) is 2.48. The third-order valence-electron chi connectivity index (χ3n) is 3.83. The van der Waals surface area contributed by atoms with Gasteiger partial charge in [0.25, 0.3) is 5.91 Å². The Hall–Kier alpha value is -2.00. The van der Waals surface area contributed by atoms with Crippen molar-refractivity contribution in [1.82, 2.24) is 10.2 Å². The average Bonchev–Trinajstić information content (AvgIpc) is 3.16. The minimum Gasteiger partial charge on any atom is -0.490 e. The standard InChI is InChI=1S/C20H19Cl2N3O3S2/c1-3-27-16-9-8-12(10-17(16)28-4-2)18(26)23-19-24-25-20(30-19)29-11-13-14(21)6-5-7-15(13)22/h5-10H,3-4,11H2,1-2H3,(H,23,24,26). The zero-order valence-corrected chi connectivity index (χ0v) is 19.4. The summed E-state index contributed by atoms with van der Waals surface area (Å²) in [5.41, 5.74) is 1.28. The summed E-state index contributed by atoms with van der Waals surface area (Å²) >= 11 is 15.1. The van der Waals surface area contributed by atoms with Gasteiger partial charge in [-0.1, -0.05) is 52.4 Å². The average molecular weight is 484 g/mol. The zero-order valence-electron chi connectivity index (χ0n) is 16.3. The predicted octanol–water partition coefficient (Wildman–Crippen LogP) is 6.19. The number of benzene rings is 2. The van der Waals surface area contributed by atoms with Gasteiger partial charge in [-0.2, -0.15) is 0 Å². The number of halogens is 2. The van der Waals surface area contributed by atoms with E-state index < -0.39 is 0 Å². The van der Waals surface area contributed by atoms with Crippen molar-refractivity contribution in [3.63, 3.8) is 0 Å². The summed E-state index contributed by atoms with van der Waals surface area (Å²) in [5.74, 6) is 1.37. The first-order valence-electron chi connectivity index (χ1n) is 9.12. The van der Waals surface area contributed by atoms with Crippen molar-refractivity contribution in [3.05, 3.63) is 57.6 Å². The number of nitrogens with one attached hydrogen (secondary N) is 1. The van der Waals surface area contributed by atoms with Crippen LogP contribution in [0.25, 0.3) is 0 Å². The highest BCUT2D eigenvalue weighted by Gasteiger charge is 2.15. The van der Waals surface area contributed by atoms with Gasteiger partial charge in [0.05, 0.1) is 13.2 Å². The molecule has 0 saturated heterocycles. The summed E-state index contributed by atoms with van der Waals surface area (Å²) in [6.45, 7) is 4.74. The molecule has 10 heteroatoms. The summed E-state index contributed by atoms with van der Waals surface area (Å²) < 4.78 is 11.8. The molecular weight excluding hydrogens is 465 g/mol. The third kappa shape index (κ3) is 5.78. The Morgan fingerprint density at radius 1 is 1.07 bits per heavy atom. The molecule has 0 fully saturated rings. The minimum atomic E-state index is -0.305. The van der Waals surface area contributed by atoms with Crippen LogP contribution in [0.4, 0.5) is 5.13 Å². The number of ether oxygens (including phenoxy) is 2. The van der Waals surface area contributed by atoms with Crippen LogP contribution in [0, 0.1) is 0 Å². The molecule has 1 aromatic heterocycles. The molecule has 30 heavy (non-hydrogen) atoms. The Kier molecular flexibility index (Phi) is 8.21. The molecule has 1 amide bonds. The van der Waals surface area contributed by atoms with E-state index in [1.807, 2.05) is 13.8 Å². The first-order valence-corrected chi connectivity index (χ1v) is 11.7. The lowest BCUT2D eigenvalue weighted by atomic mass is 10.2. The number of thioether (sulfide) groups is 1. The van der Waals surface area contributed by atoms with E-state index in [0.717, 1.165) is 5.56 Å². The van der Waals surface area contributed by atoms with Crippen LogP contribution >= 0.6 is 46.3 Å². The van der Waals surface area contributed by atoms with Crippen LogP contribution in [-0.2, 0) is 5.75 Å². The molecule has 158 valence electrons. The van der Waals surface area contributed by atoms with Crippen LogP contribution in [0.2, 0.25) is 10.0 Å². The molecular formula is C20H19Cl2N3O3S2. The van der Waals surface area contributed by atoms with E-state index in [1.54, 1.807) is 36.4 Å². The van der Waals surface area contributed by atoms with Crippen LogP contribution in [0.5, 0.6) is 11.5 Å². The number of hydrogen-bond donors (Lipinski definition) is 1. The second-order valence-electron chi connectivity index (χ2n) is 5.84. The lowest BCUT2D eigenvalue weighted by Crippen LogP contribution is -2.12. The molecule has 3 rings (SSSR count). The first-order chi connectivity index (χ1) is 14.5. The molecule has 0 aliphatic carbocycles. The van der Waals surface area contributed by atoms with Crippen molar-refractivity contribution in [2.75, 3.05) is 18.5 Å². The maximum Gasteiger partial charge on any atom is 0.257 e. The largest absolute Gasteiger partial charge is 0.490 e. The molecule has 3 aromatic rings. The fourth-order valence-corrected chi connectivity index (χ4v) is 4.97. The van der Waals surface area contributed by atoms with Gasteiger partial charge in [-0.25, -0.2) is 0 Å². The van der Waals surface area contributed by atoms with Crippen LogP contribution in [0.1, 0.15) is 29.8 Å². The Morgan fingerprint density at radius 3 is 2.47 bits per heavy atom. The molecule has 0 unspecified atom stereocenters. The monoisotopic (exact) mass is 483 g/mol. The molecule has 0 saturated carbocycles. The number of amides is 1. The molecule has 0 bridgehead atoms. The maximum atomic E-state index is 12.6. The molecule has 1 N–H and O–H groups in total. The van der Waals surface area contributed by atoms with Crippen molar-refractivity contribution >= 4 is 57.3 Å². The summed E-state index contributed by atoms with van der Waals surface area (Å²) in [6, 6.07) is 10.4. The number of hydrogen-bond acceptors (Lipinski definition) is 7. The van der Waals surface area contributed by atoms with Gasteiger partial charge in [0.2, 0.25) is 5.13 Å². The number of rotatable bonds is 9. The van der Waals surface area contributed by atoms with Crippen molar-refractivity contribution in [3.8, 4) is 11.5 Å². The Morgan fingerprint density at radius 2 is 1.77 bits per heavy atom. The van der Waals surface area contributed by atoms with Gasteiger partial charge in [0, 0.05) is 21.4 Å². The van der Waals surface area contributed by atoms with E-state index in [1.165, 1.54) is 23.1 Å². The van der Waals surface area contributed by atoms with Gasteiger partial charge in [-0.05, 0) is 49.7 Å². The molecule has 0 spiro atoms. The molecule has 0 radical (unpaired) electrons. The van der Waals surface area contributed by atoms with Gasteiger partial charge in [0.15, 0.2) is 15.8 Å². The van der Waals surface area contributed by atoms with Crippen LogP contribution in [0.15, 0.2) is 40.7 Å². The summed E-state index contributed by atoms with van der Waals surface area (Å²) in [7, 11) is 0. The third-order valence-corrected chi connectivity index (χ3v) is 6.54. The quantitative estimate of drug-likeness (QED) is 0.289. The lowest BCUT2D eigenvalue weighted by Gasteiger charge is -2.12. The molecule has 0 aliphatic heterocycles. The Balaban J connectivity index is 1.65. The number of nitrogens with zero attached hydrogens (tertiary/aromatic N) is 2. The Bertz CT molecular complexity index is 1010. The van der Waals surface area contributed by atoms with Crippen LogP contribution in [-0.4, -0.2) is 29.3 Å².